The maximum absolute atomic E-state index is 13.9. The van der Waals surface area contributed by atoms with Gasteiger partial charge in [0.25, 0.3) is 0 Å². The largest absolute Gasteiger partial charge is 0.460 e. The molecule has 44 heavy (non-hydrogen) atoms. The van der Waals surface area contributed by atoms with E-state index in [1.807, 2.05) is 91.0 Å². The van der Waals surface area contributed by atoms with Gasteiger partial charge in [-0.3, -0.25) is 0 Å². The predicted octanol–water partition coefficient (Wildman–Crippen LogP) is 6.56. The van der Waals surface area contributed by atoms with E-state index in [0.717, 1.165) is 54.4 Å². The van der Waals surface area contributed by atoms with Crippen molar-refractivity contribution in [2.24, 2.45) is 17.3 Å². The number of ether oxygens (including phenoxy) is 4. The molecule has 7 rings (SSSR count). The Morgan fingerprint density at radius 1 is 0.864 bits per heavy atom. The molecular weight excluding hydrogens is 552 g/mol. The number of aliphatic hydroxyl groups is 1. The fraction of sp³-hybridized carbons (Fsp3) is 0.447. The van der Waals surface area contributed by atoms with Crippen LogP contribution in [-0.4, -0.2) is 48.9 Å². The fourth-order valence-electron chi connectivity index (χ4n) is 8.99. The number of esters is 1. The summed E-state index contributed by atoms with van der Waals surface area (Å²) in [4.78, 5) is 13.9. The summed E-state index contributed by atoms with van der Waals surface area (Å²) in [6.07, 6.45) is 4.71. The molecule has 3 saturated carbocycles. The normalized spacial score (nSPS) is 29.5. The maximum Gasteiger partial charge on any atom is 0.332 e. The molecular formula is C38H42O6. The van der Waals surface area contributed by atoms with Crippen molar-refractivity contribution in [2.45, 2.75) is 68.5 Å². The first-order valence-electron chi connectivity index (χ1n) is 16.1. The summed E-state index contributed by atoms with van der Waals surface area (Å²) in [6, 6.07) is 30.1. The average molecular weight is 595 g/mol. The molecule has 0 amide bonds. The minimum absolute atomic E-state index is 0.0553. The van der Waals surface area contributed by atoms with Gasteiger partial charge in [0.2, 0.25) is 0 Å². The second-order valence-corrected chi connectivity index (χ2v) is 13.1. The molecule has 1 spiro atoms. The Kier molecular flexibility index (Phi) is 7.96. The third-order valence-corrected chi connectivity index (χ3v) is 10.8. The van der Waals surface area contributed by atoms with Crippen LogP contribution in [0.4, 0.5) is 0 Å². The van der Waals surface area contributed by atoms with E-state index in [4.69, 9.17) is 18.9 Å². The molecule has 230 valence electrons. The number of benzene rings is 3. The Labute approximate surface area is 260 Å². The lowest BCUT2D eigenvalue weighted by Crippen LogP contribution is -2.54. The van der Waals surface area contributed by atoms with Crippen molar-refractivity contribution in [3.63, 3.8) is 0 Å². The van der Waals surface area contributed by atoms with Crippen LogP contribution in [0.2, 0.25) is 0 Å². The van der Waals surface area contributed by atoms with Crippen molar-refractivity contribution in [3.05, 3.63) is 120 Å². The Hall–Kier alpha value is -3.29. The zero-order chi connectivity index (χ0) is 30.2. The van der Waals surface area contributed by atoms with Gasteiger partial charge in [0.05, 0.1) is 19.3 Å². The van der Waals surface area contributed by atoms with E-state index in [1.165, 1.54) is 0 Å². The number of hydrogen-bond donors (Lipinski definition) is 1. The summed E-state index contributed by atoms with van der Waals surface area (Å²) in [6.45, 7) is 5.16. The van der Waals surface area contributed by atoms with Gasteiger partial charge in [-0.2, -0.15) is 0 Å². The number of carbonyl (C=O) groups is 1. The first-order chi connectivity index (χ1) is 21.5. The van der Waals surface area contributed by atoms with Crippen molar-refractivity contribution in [2.75, 3.05) is 19.8 Å². The van der Waals surface area contributed by atoms with Crippen LogP contribution < -0.4 is 0 Å². The van der Waals surface area contributed by atoms with Gasteiger partial charge >= 0.3 is 5.97 Å². The van der Waals surface area contributed by atoms with Crippen molar-refractivity contribution in [3.8, 4) is 0 Å². The molecule has 0 radical (unpaired) electrons. The Balaban J connectivity index is 1.20. The van der Waals surface area contributed by atoms with Crippen molar-refractivity contribution in [1.82, 2.24) is 0 Å². The summed E-state index contributed by atoms with van der Waals surface area (Å²) in [5.41, 5.74) is 2.37. The number of aliphatic hydroxyl groups excluding tert-OH is 1. The van der Waals surface area contributed by atoms with Crippen molar-refractivity contribution >= 4 is 5.97 Å². The second-order valence-electron chi connectivity index (χ2n) is 13.1. The van der Waals surface area contributed by atoms with E-state index in [-0.39, 0.29) is 23.9 Å². The molecule has 2 bridgehead atoms. The standard InChI is InChI=1S/C38H42O6/c1-27-24-33(31-18-11-19-36(25-32(27)39)20-21-37(35(31)36)41-22-23-42-37)44-34(40)26-43-38(28-12-5-2-6-13-28,29-14-7-3-8-15-29)30-16-9-4-10-17-30/h2-10,12-17,31-33,35,39H,1,11,18-26H2/t31?,32-,33-,35?,36?/m0/s1. The third kappa shape index (κ3) is 5.02. The highest BCUT2D eigenvalue weighted by molar-refractivity contribution is 5.71. The zero-order valence-electron chi connectivity index (χ0n) is 25.2. The Bertz CT molecular complexity index is 1350. The summed E-state index contributed by atoms with van der Waals surface area (Å²) >= 11 is 0. The fourth-order valence-corrected chi connectivity index (χ4v) is 8.99. The van der Waals surface area contributed by atoms with Crippen LogP contribution >= 0.6 is 0 Å². The van der Waals surface area contributed by atoms with Crippen LogP contribution in [-0.2, 0) is 29.3 Å². The zero-order valence-corrected chi connectivity index (χ0v) is 25.2. The maximum atomic E-state index is 13.9. The molecule has 6 nitrogen and oxygen atoms in total. The van der Waals surface area contributed by atoms with E-state index in [2.05, 4.69) is 6.58 Å². The SMILES string of the molecule is C=C1C[C@H](OC(=O)COC(c2ccccc2)(c2ccccc2)c2ccccc2)C2CCCC3(CCC4(OCCO4)C23)C[C@@H]1O. The first-order valence-corrected chi connectivity index (χ1v) is 16.1. The molecule has 4 aliphatic rings. The summed E-state index contributed by atoms with van der Waals surface area (Å²) < 4.78 is 25.9. The highest BCUT2D eigenvalue weighted by atomic mass is 16.7. The van der Waals surface area contributed by atoms with Gasteiger partial charge in [0.1, 0.15) is 18.3 Å². The predicted molar refractivity (Wildman–Crippen MR) is 167 cm³/mol. The molecule has 3 aromatic carbocycles. The number of rotatable bonds is 7. The molecule has 3 aliphatic carbocycles. The topological polar surface area (TPSA) is 74.2 Å². The molecule has 0 aromatic heterocycles. The highest BCUT2D eigenvalue weighted by Crippen LogP contribution is 2.65. The number of hydrogen-bond acceptors (Lipinski definition) is 6. The minimum Gasteiger partial charge on any atom is -0.460 e. The van der Waals surface area contributed by atoms with Crippen molar-refractivity contribution < 1.29 is 28.8 Å². The van der Waals surface area contributed by atoms with Crippen LogP contribution in [0.3, 0.4) is 0 Å². The van der Waals surface area contributed by atoms with E-state index in [0.29, 0.717) is 26.1 Å². The van der Waals surface area contributed by atoms with Gasteiger partial charge in [-0.25, -0.2) is 4.79 Å². The Morgan fingerprint density at radius 3 is 2.00 bits per heavy atom. The minimum atomic E-state index is -1.02. The first kappa shape index (κ1) is 29.4. The lowest BCUT2D eigenvalue weighted by Gasteiger charge is -2.52. The van der Waals surface area contributed by atoms with Gasteiger partial charge in [-0.1, -0.05) is 104 Å². The van der Waals surface area contributed by atoms with Gasteiger partial charge in [0, 0.05) is 24.7 Å². The monoisotopic (exact) mass is 594 g/mol. The van der Waals surface area contributed by atoms with E-state index in [9.17, 15) is 9.90 Å². The molecule has 1 aliphatic heterocycles. The van der Waals surface area contributed by atoms with E-state index >= 15 is 0 Å². The third-order valence-electron chi connectivity index (χ3n) is 10.8. The Morgan fingerprint density at radius 2 is 1.43 bits per heavy atom. The van der Waals surface area contributed by atoms with Gasteiger partial charge in [0.15, 0.2) is 5.79 Å². The van der Waals surface area contributed by atoms with Gasteiger partial charge in [-0.05, 0) is 53.4 Å². The van der Waals surface area contributed by atoms with E-state index < -0.39 is 29.6 Å². The highest BCUT2D eigenvalue weighted by Gasteiger charge is 2.65. The second kappa shape index (κ2) is 11.9. The molecule has 4 fully saturated rings. The molecule has 1 N–H and O–H groups in total. The number of carbonyl (C=O) groups excluding carboxylic acids is 1. The quantitative estimate of drug-likeness (QED) is 0.190. The van der Waals surface area contributed by atoms with Crippen LogP contribution in [0.1, 0.15) is 61.6 Å². The summed E-state index contributed by atoms with van der Waals surface area (Å²) in [5.74, 6) is -0.973. The van der Waals surface area contributed by atoms with Crippen LogP contribution in [0.25, 0.3) is 0 Å². The molecule has 1 heterocycles. The molecule has 6 heteroatoms. The lowest BCUT2D eigenvalue weighted by molar-refractivity contribution is -0.232. The lowest BCUT2D eigenvalue weighted by atomic mass is 9.56. The van der Waals surface area contributed by atoms with Crippen LogP contribution in [0, 0.1) is 17.3 Å². The average Bonchev–Trinajstić information content (AvgIpc) is 3.67. The molecule has 5 atom stereocenters. The van der Waals surface area contributed by atoms with Crippen molar-refractivity contribution in [1.29, 1.82) is 0 Å². The van der Waals surface area contributed by atoms with Crippen LogP contribution in [0.5, 0.6) is 0 Å². The van der Waals surface area contributed by atoms with E-state index in [1.54, 1.807) is 0 Å². The summed E-state index contributed by atoms with van der Waals surface area (Å²) in [7, 11) is 0. The summed E-state index contributed by atoms with van der Waals surface area (Å²) in [5, 5.41) is 11.3. The smallest absolute Gasteiger partial charge is 0.332 e. The molecule has 3 unspecified atom stereocenters. The van der Waals surface area contributed by atoms with Gasteiger partial charge < -0.3 is 24.1 Å². The van der Waals surface area contributed by atoms with Gasteiger partial charge in [-0.15, -0.1) is 0 Å². The molecule has 3 aromatic rings. The molecule has 1 saturated heterocycles. The van der Waals surface area contributed by atoms with Crippen LogP contribution in [0.15, 0.2) is 103 Å².